The number of nitrogens with zero attached hydrogens (tertiary/aromatic N) is 4. The zero-order valence-corrected chi connectivity index (χ0v) is 18.5. The molecule has 5 rings (SSSR count). The van der Waals surface area contributed by atoms with Crippen LogP contribution in [0, 0.1) is 0 Å². The Labute approximate surface area is 184 Å². The fourth-order valence-electron chi connectivity index (χ4n) is 4.93. The van der Waals surface area contributed by atoms with E-state index in [9.17, 15) is 9.32 Å². The van der Waals surface area contributed by atoms with E-state index < -0.39 is 10.8 Å². The maximum Gasteiger partial charge on any atom is 0.227 e. The number of aromatic nitrogens is 2. The van der Waals surface area contributed by atoms with Crippen LogP contribution in [-0.4, -0.2) is 50.4 Å². The Hall–Kier alpha value is -1.70. The van der Waals surface area contributed by atoms with Gasteiger partial charge in [-0.2, -0.15) is 4.98 Å². The molecule has 2 aliphatic heterocycles. The maximum absolute atomic E-state index is 12.6. The van der Waals surface area contributed by atoms with Crippen molar-refractivity contribution in [3.05, 3.63) is 41.0 Å². The van der Waals surface area contributed by atoms with Gasteiger partial charge in [0.2, 0.25) is 5.95 Å². The molecule has 2 unspecified atom stereocenters. The van der Waals surface area contributed by atoms with Gasteiger partial charge in [-0.15, -0.1) is 0 Å². The summed E-state index contributed by atoms with van der Waals surface area (Å²) < 4.78 is 12.6. The lowest BCUT2D eigenvalue weighted by molar-refractivity contribution is 0.119. The molecule has 3 aliphatic rings. The van der Waals surface area contributed by atoms with Crippen LogP contribution in [0.25, 0.3) is 0 Å². The zero-order chi connectivity index (χ0) is 20.7. The molecule has 1 aromatic carbocycles. The minimum Gasteiger partial charge on any atom is -0.394 e. The first-order valence-corrected chi connectivity index (χ1v) is 12.4. The number of aliphatic hydroxyl groups excluding tert-OH is 1. The Morgan fingerprint density at radius 2 is 1.97 bits per heavy atom. The highest BCUT2D eigenvalue weighted by Crippen LogP contribution is 2.44. The molecule has 0 amide bonds. The monoisotopic (exact) mass is 446 g/mol. The molecular formula is C22H27ClN4O2S. The quantitative estimate of drug-likeness (QED) is 0.772. The molecule has 1 aliphatic carbocycles. The number of aliphatic hydroxyl groups is 1. The standard InChI is InChI=1S/C22H27ClN4O2S/c23-18-6-4-17(5-7-18)16-3-1-11-26(12-8-16)21-24-13-19-20(25-21)27(15-30(19)29)22(14-28)9-2-10-22/h4-7,13,16,28H,1-3,8-12,14-15H2. The van der Waals surface area contributed by atoms with Gasteiger partial charge in [-0.1, -0.05) is 23.7 Å². The molecule has 2 fully saturated rings. The summed E-state index contributed by atoms with van der Waals surface area (Å²) in [6.07, 6.45) is 7.92. The number of anilines is 2. The first kappa shape index (κ1) is 20.2. The van der Waals surface area contributed by atoms with Crippen LogP contribution in [0.1, 0.15) is 50.0 Å². The van der Waals surface area contributed by atoms with Crippen molar-refractivity contribution in [2.45, 2.75) is 54.9 Å². The van der Waals surface area contributed by atoms with E-state index in [-0.39, 0.29) is 12.1 Å². The first-order valence-electron chi connectivity index (χ1n) is 10.7. The molecule has 3 heterocycles. The van der Waals surface area contributed by atoms with Crippen molar-refractivity contribution < 1.29 is 9.32 Å². The van der Waals surface area contributed by atoms with E-state index in [1.165, 1.54) is 5.56 Å². The average molecular weight is 447 g/mol. The summed E-state index contributed by atoms with van der Waals surface area (Å²) in [5.74, 6) is 2.39. The average Bonchev–Trinajstić information content (AvgIpc) is 2.91. The normalized spacial score (nSPS) is 25.5. The van der Waals surface area contributed by atoms with Gasteiger partial charge in [0.05, 0.1) is 29.1 Å². The fourth-order valence-corrected chi connectivity index (χ4v) is 6.36. The third-order valence-electron chi connectivity index (χ3n) is 6.97. The van der Waals surface area contributed by atoms with Crippen LogP contribution >= 0.6 is 11.6 Å². The molecule has 1 saturated heterocycles. The van der Waals surface area contributed by atoms with Gasteiger partial charge in [-0.3, -0.25) is 4.21 Å². The highest BCUT2D eigenvalue weighted by atomic mass is 35.5. The Balaban J connectivity index is 1.36. The van der Waals surface area contributed by atoms with E-state index >= 15 is 0 Å². The lowest BCUT2D eigenvalue weighted by atomic mass is 9.76. The van der Waals surface area contributed by atoms with Crippen LogP contribution in [0.4, 0.5) is 11.8 Å². The molecule has 30 heavy (non-hydrogen) atoms. The van der Waals surface area contributed by atoms with Gasteiger partial charge in [0.15, 0.2) is 5.82 Å². The predicted octanol–water partition coefficient (Wildman–Crippen LogP) is 3.70. The van der Waals surface area contributed by atoms with Crippen molar-refractivity contribution in [1.29, 1.82) is 0 Å². The molecule has 160 valence electrons. The van der Waals surface area contributed by atoms with Gasteiger partial charge in [0.25, 0.3) is 0 Å². The summed E-state index contributed by atoms with van der Waals surface area (Å²) in [6, 6.07) is 8.20. The maximum atomic E-state index is 12.6. The van der Waals surface area contributed by atoms with Crippen molar-refractivity contribution in [2.75, 3.05) is 35.4 Å². The molecular weight excluding hydrogens is 420 g/mol. The van der Waals surface area contributed by atoms with E-state index in [0.717, 1.165) is 62.5 Å². The van der Waals surface area contributed by atoms with Crippen molar-refractivity contribution >= 4 is 34.2 Å². The van der Waals surface area contributed by atoms with Crippen LogP contribution in [0.5, 0.6) is 0 Å². The van der Waals surface area contributed by atoms with E-state index in [2.05, 4.69) is 26.9 Å². The topological polar surface area (TPSA) is 69.6 Å². The molecule has 0 bridgehead atoms. The van der Waals surface area contributed by atoms with Crippen LogP contribution in [0.3, 0.4) is 0 Å². The second kappa shape index (κ2) is 8.09. The summed E-state index contributed by atoms with van der Waals surface area (Å²) in [5.41, 5.74) is 1.04. The van der Waals surface area contributed by atoms with Crippen molar-refractivity contribution in [3.8, 4) is 0 Å². The van der Waals surface area contributed by atoms with E-state index in [1.807, 2.05) is 12.1 Å². The van der Waals surface area contributed by atoms with Gasteiger partial charge >= 0.3 is 0 Å². The molecule has 2 aromatic rings. The summed E-state index contributed by atoms with van der Waals surface area (Å²) in [6.45, 7) is 1.88. The molecule has 1 saturated carbocycles. The van der Waals surface area contributed by atoms with Gasteiger partial charge < -0.3 is 14.9 Å². The first-order chi connectivity index (χ1) is 14.6. The largest absolute Gasteiger partial charge is 0.394 e. The van der Waals surface area contributed by atoms with E-state index in [0.29, 0.717) is 22.6 Å². The third kappa shape index (κ3) is 3.51. The van der Waals surface area contributed by atoms with Gasteiger partial charge in [0.1, 0.15) is 10.8 Å². The molecule has 6 nitrogen and oxygen atoms in total. The Bertz CT molecular complexity index is 945. The number of benzene rings is 1. The Kier molecular flexibility index (Phi) is 5.45. The SMILES string of the molecule is O=S1CN(C2(CO)CCC2)c2nc(N3CCCC(c4ccc(Cl)cc4)CC3)ncc21. The number of hydrogen-bond acceptors (Lipinski definition) is 6. The van der Waals surface area contributed by atoms with Crippen molar-refractivity contribution in [3.63, 3.8) is 0 Å². The van der Waals surface area contributed by atoms with Crippen LogP contribution < -0.4 is 9.80 Å². The van der Waals surface area contributed by atoms with Crippen molar-refractivity contribution in [1.82, 2.24) is 9.97 Å². The molecule has 0 spiro atoms. The van der Waals surface area contributed by atoms with Crippen LogP contribution in [-0.2, 0) is 10.8 Å². The highest BCUT2D eigenvalue weighted by molar-refractivity contribution is 7.85. The lowest BCUT2D eigenvalue weighted by Gasteiger charge is -2.47. The van der Waals surface area contributed by atoms with E-state index in [4.69, 9.17) is 16.6 Å². The Morgan fingerprint density at radius 3 is 2.67 bits per heavy atom. The number of halogens is 1. The molecule has 2 atom stereocenters. The minimum atomic E-state index is -1.13. The molecule has 1 N–H and O–H groups in total. The number of rotatable bonds is 4. The van der Waals surface area contributed by atoms with Gasteiger partial charge in [-0.25, -0.2) is 4.98 Å². The minimum absolute atomic E-state index is 0.0788. The third-order valence-corrected chi connectivity index (χ3v) is 8.50. The number of fused-ring (bicyclic) bond motifs is 1. The predicted molar refractivity (Wildman–Crippen MR) is 120 cm³/mol. The summed E-state index contributed by atoms with van der Waals surface area (Å²) in [4.78, 5) is 14.5. The lowest BCUT2D eigenvalue weighted by Crippen LogP contribution is -2.56. The van der Waals surface area contributed by atoms with Crippen molar-refractivity contribution in [2.24, 2.45) is 0 Å². The van der Waals surface area contributed by atoms with Gasteiger partial charge in [-0.05, 0) is 62.1 Å². The smallest absolute Gasteiger partial charge is 0.227 e. The summed E-state index contributed by atoms with van der Waals surface area (Å²) >= 11 is 6.05. The van der Waals surface area contributed by atoms with Gasteiger partial charge in [0, 0.05) is 18.1 Å². The molecule has 8 heteroatoms. The molecule has 1 aromatic heterocycles. The fraction of sp³-hybridized carbons (Fsp3) is 0.545. The van der Waals surface area contributed by atoms with Crippen LogP contribution in [0.2, 0.25) is 5.02 Å². The second-order valence-corrected chi connectivity index (χ2v) is 10.5. The van der Waals surface area contributed by atoms with Crippen LogP contribution in [0.15, 0.2) is 35.4 Å². The summed E-state index contributed by atoms with van der Waals surface area (Å²) in [5, 5.41) is 10.8. The number of hydrogen-bond donors (Lipinski definition) is 1. The summed E-state index contributed by atoms with van der Waals surface area (Å²) in [7, 11) is -1.13. The zero-order valence-electron chi connectivity index (χ0n) is 17.0. The molecule has 0 radical (unpaired) electrons. The van der Waals surface area contributed by atoms with E-state index in [1.54, 1.807) is 6.20 Å². The highest BCUT2D eigenvalue weighted by Gasteiger charge is 2.47. The second-order valence-electron chi connectivity index (χ2n) is 8.66. The Morgan fingerprint density at radius 1 is 1.17 bits per heavy atom.